The molecule has 1 heterocycles. The third-order valence-corrected chi connectivity index (χ3v) is 3.21. The van der Waals surface area contributed by atoms with Crippen molar-refractivity contribution < 1.29 is 9.36 Å². The van der Waals surface area contributed by atoms with Crippen molar-refractivity contribution in [2.24, 2.45) is 11.7 Å². The minimum atomic E-state index is -0.142. The minimum Gasteiger partial charge on any atom is -0.369 e. The minimum absolute atomic E-state index is 0.0662. The highest BCUT2D eigenvalue weighted by Gasteiger charge is 2.30. The molecule has 0 radical (unpaired) electrons. The SMILES string of the molecule is NC(=O)C1CCCC([n+]2ccccc2)C1. The molecule has 0 aromatic carbocycles. The van der Waals surface area contributed by atoms with Crippen LogP contribution in [0, 0.1) is 5.92 Å². The average molecular weight is 205 g/mol. The Morgan fingerprint density at radius 3 is 2.60 bits per heavy atom. The number of hydrogen-bond acceptors (Lipinski definition) is 1. The second-order valence-electron chi connectivity index (χ2n) is 4.24. The molecule has 2 rings (SSSR count). The molecule has 15 heavy (non-hydrogen) atoms. The third-order valence-electron chi connectivity index (χ3n) is 3.21. The first-order chi connectivity index (χ1) is 7.27. The van der Waals surface area contributed by atoms with E-state index in [-0.39, 0.29) is 11.8 Å². The second-order valence-corrected chi connectivity index (χ2v) is 4.24. The van der Waals surface area contributed by atoms with E-state index in [2.05, 4.69) is 17.0 Å². The van der Waals surface area contributed by atoms with E-state index in [0.29, 0.717) is 6.04 Å². The van der Waals surface area contributed by atoms with Crippen LogP contribution in [0.5, 0.6) is 0 Å². The largest absolute Gasteiger partial charge is 0.369 e. The van der Waals surface area contributed by atoms with Crippen LogP contribution < -0.4 is 10.3 Å². The quantitative estimate of drug-likeness (QED) is 0.724. The molecule has 2 N–H and O–H groups in total. The summed E-state index contributed by atoms with van der Waals surface area (Å²) >= 11 is 0. The maximum absolute atomic E-state index is 11.1. The Balaban J connectivity index is 2.08. The summed E-state index contributed by atoms with van der Waals surface area (Å²) in [6, 6.07) is 6.49. The van der Waals surface area contributed by atoms with Crippen LogP contribution in [0.15, 0.2) is 30.6 Å². The molecular formula is C12H17N2O+. The molecule has 80 valence electrons. The predicted octanol–water partition coefficient (Wildman–Crippen LogP) is 1.19. The number of carbonyl (C=O) groups is 1. The summed E-state index contributed by atoms with van der Waals surface area (Å²) < 4.78 is 2.19. The van der Waals surface area contributed by atoms with E-state index in [1.165, 1.54) is 0 Å². The smallest absolute Gasteiger partial charge is 0.220 e. The molecular weight excluding hydrogens is 188 g/mol. The lowest BCUT2D eigenvalue weighted by atomic mass is 9.85. The van der Waals surface area contributed by atoms with Gasteiger partial charge in [0.05, 0.1) is 0 Å². The summed E-state index contributed by atoms with van der Waals surface area (Å²) in [5, 5.41) is 0. The van der Waals surface area contributed by atoms with Gasteiger partial charge in [-0.05, 0) is 12.8 Å². The summed E-state index contributed by atoms with van der Waals surface area (Å²) in [5.74, 6) is -0.0762. The van der Waals surface area contributed by atoms with Gasteiger partial charge in [0.2, 0.25) is 5.91 Å². The maximum Gasteiger partial charge on any atom is 0.220 e. The number of nitrogens with zero attached hydrogens (tertiary/aromatic N) is 1. The number of nitrogens with two attached hydrogens (primary N) is 1. The Hall–Kier alpha value is -1.38. The molecule has 3 heteroatoms. The monoisotopic (exact) mass is 205 g/mol. The van der Waals surface area contributed by atoms with Gasteiger partial charge in [-0.15, -0.1) is 0 Å². The van der Waals surface area contributed by atoms with Gasteiger partial charge >= 0.3 is 0 Å². The van der Waals surface area contributed by atoms with Gasteiger partial charge in [-0.25, -0.2) is 4.57 Å². The molecule has 0 saturated heterocycles. The van der Waals surface area contributed by atoms with Gasteiger partial charge in [0.1, 0.15) is 0 Å². The number of aromatic nitrogens is 1. The van der Waals surface area contributed by atoms with Crippen molar-refractivity contribution in [1.82, 2.24) is 0 Å². The molecule has 1 aliphatic rings. The first-order valence-corrected chi connectivity index (χ1v) is 5.52. The maximum atomic E-state index is 11.1. The molecule has 0 spiro atoms. The molecule has 1 aliphatic carbocycles. The molecule has 2 atom stereocenters. The molecule has 2 unspecified atom stereocenters. The van der Waals surface area contributed by atoms with Crippen LogP contribution >= 0.6 is 0 Å². The Morgan fingerprint density at radius 2 is 1.93 bits per heavy atom. The predicted molar refractivity (Wildman–Crippen MR) is 56.8 cm³/mol. The highest BCUT2D eigenvalue weighted by atomic mass is 16.1. The lowest BCUT2D eigenvalue weighted by Crippen LogP contribution is -2.43. The zero-order chi connectivity index (χ0) is 10.7. The van der Waals surface area contributed by atoms with E-state index in [1.54, 1.807) is 0 Å². The zero-order valence-corrected chi connectivity index (χ0v) is 8.80. The first kappa shape index (κ1) is 10.1. The fourth-order valence-corrected chi connectivity index (χ4v) is 2.35. The molecule has 1 amide bonds. The van der Waals surface area contributed by atoms with E-state index < -0.39 is 0 Å². The van der Waals surface area contributed by atoms with Crippen molar-refractivity contribution in [1.29, 1.82) is 0 Å². The van der Waals surface area contributed by atoms with Crippen LogP contribution in [0.25, 0.3) is 0 Å². The first-order valence-electron chi connectivity index (χ1n) is 5.52. The van der Waals surface area contributed by atoms with Gasteiger partial charge < -0.3 is 5.73 Å². The van der Waals surface area contributed by atoms with Crippen LogP contribution in [0.1, 0.15) is 31.7 Å². The normalized spacial score (nSPS) is 26.1. The number of carbonyl (C=O) groups excluding carboxylic acids is 1. The van der Waals surface area contributed by atoms with Crippen LogP contribution in [-0.4, -0.2) is 5.91 Å². The van der Waals surface area contributed by atoms with Gasteiger partial charge in [0.15, 0.2) is 18.4 Å². The Kier molecular flexibility index (Phi) is 2.99. The van der Waals surface area contributed by atoms with Crippen molar-refractivity contribution >= 4 is 5.91 Å². The Bertz CT molecular complexity index is 337. The van der Waals surface area contributed by atoms with Crippen LogP contribution in [-0.2, 0) is 4.79 Å². The third kappa shape index (κ3) is 2.35. The van der Waals surface area contributed by atoms with Gasteiger partial charge in [-0.1, -0.05) is 6.07 Å². The highest BCUT2D eigenvalue weighted by molar-refractivity contribution is 5.76. The lowest BCUT2D eigenvalue weighted by molar-refractivity contribution is -0.726. The lowest BCUT2D eigenvalue weighted by Gasteiger charge is -2.23. The van der Waals surface area contributed by atoms with Crippen molar-refractivity contribution in [3.8, 4) is 0 Å². The fraction of sp³-hybridized carbons (Fsp3) is 0.500. The number of hydrogen-bond donors (Lipinski definition) is 1. The molecule has 1 aromatic rings. The summed E-state index contributed by atoms with van der Waals surface area (Å²) in [6.07, 6.45) is 8.23. The second kappa shape index (κ2) is 4.43. The standard InChI is InChI=1S/C12H16N2O/c13-12(15)10-5-4-6-11(9-10)14-7-2-1-3-8-14/h1-3,7-8,10-11H,4-6,9H2,(H-,13,15)/p+1. The molecule has 3 nitrogen and oxygen atoms in total. The van der Waals surface area contributed by atoms with E-state index in [4.69, 9.17) is 5.73 Å². The van der Waals surface area contributed by atoms with Gasteiger partial charge in [-0.3, -0.25) is 4.79 Å². The van der Waals surface area contributed by atoms with Crippen LogP contribution in [0.3, 0.4) is 0 Å². The molecule has 1 aromatic heterocycles. The highest BCUT2D eigenvalue weighted by Crippen LogP contribution is 2.28. The van der Waals surface area contributed by atoms with Gasteiger partial charge in [0.25, 0.3) is 0 Å². The molecule has 1 fully saturated rings. The summed E-state index contributed by atoms with van der Waals surface area (Å²) in [7, 11) is 0. The van der Waals surface area contributed by atoms with Gasteiger partial charge in [0, 0.05) is 30.9 Å². The average Bonchev–Trinajstić information content (AvgIpc) is 2.30. The van der Waals surface area contributed by atoms with E-state index >= 15 is 0 Å². The number of amides is 1. The zero-order valence-electron chi connectivity index (χ0n) is 8.80. The number of pyridine rings is 1. The number of primary amides is 1. The summed E-state index contributed by atoms with van der Waals surface area (Å²) in [4.78, 5) is 11.1. The van der Waals surface area contributed by atoms with Crippen molar-refractivity contribution in [3.63, 3.8) is 0 Å². The molecule has 1 saturated carbocycles. The molecule has 0 aliphatic heterocycles. The van der Waals surface area contributed by atoms with Crippen LogP contribution in [0.4, 0.5) is 0 Å². The van der Waals surface area contributed by atoms with Crippen molar-refractivity contribution in [2.75, 3.05) is 0 Å². The van der Waals surface area contributed by atoms with Crippen molar-refractivity contribution in [2.45, 2.75) is 31.7 Å². The summed E-state index contributed by atoms with van der Waals surface area (Å²) in [5.41, 5.74) is 5.36. The Morgan fingerprint density at radius 1 is 1.20 bits per heavy atom. The van der Waals surface area contributed by atoms with Crippen molar-refractivity contribution in [3.05, 3.63) is 30.6 Å². The Labute approximate surface area is 89.9 Å². The summed E-state index contributed by atoms with van der Waals surface area (Å²) in [6.45, 7) is 0. The number of rotatable bonds is 2. The molecule has 0 bridgehead atoms. The van der Waals surface area contributed by atoms with E-state index in [1.807, 2.05) is 18.2 Å². The van der Waals surface area contributed by atoms with Crippen LogP contribution in [0.2, 0.25) is 0 Å². The van der Waals surface area contributed by atoms with E-state index in [0.717, 1.165) is 25.7 Å². The topological polar surface area (TPSA) is 47.0 Å². The van der Waals surface area contributed by atoms with E-state index in [9.17, 15) is 4.79 Å². The van der Waals surface area contributed by atoms with Gasteiger partial charge in [-0.2, -0.15) is 0 Å². The fourth-order valence-electron chi connectivity index (χ4n) is 2.35.